The van der Waals surface area contributed by atoms with Gasteiger partial charge < -0.3 is 20.4 Å². The van der Waals surface area contributed by atoms with Crippen LogP contribution in [0.2, 0.25) is 0 Å². The highest BCUT2D eigenvalue weighted by atomic mass is 16.5. The Hall–Kier alpha value is -2.67. The number of hydrogen-bond acceptors (Lipinski definition) is 6. The van der Waals surface area contributed by atoms with Gasteiger partial charge in [-0.25, -0.2) is 4.79 Å². The molecule has 7 heteroatoms. The van der Waals surface area contributed by atoms with Crippen LogP contribution in [0.1, 0.15) is 42.4 Å². The molecule has 1 aliphatic rings. The second-order valence-electron chi connectivity index (χ2n) is 6.43. The van der Waals surface area contributed by atoms with Crippen molar-refractivity contribution in [3.63, 3.8) is 0 Å². The van der Waals surface area contributed by atoms with Gasteiger partial charge in [0.2, 0.25) is 5.69 Å². The van der Waals surface area contributed by atoms with E-state index in [1.54, 1.807) is 25.3 Å². The van der Waals surface area contributed by atoms with Crippen LogP contribution < -0.4 is 15.2 Å². The smallest absolute Gasteiger partial charge is 0.338 e. The first-order chi connectivity index (χ1) is 11.8. The van der Waals surface area contributed by atoms with Gasteiger partial charge in [-0.15, -0.1) is 0 Å². The number of esters is 1. The van der Waals surface area contributed by atoms with E-state index in [2.05, 4.69) is 4.98 Å². The monoisotopic (exact) mass is 345 g/mol. The van der Waals surface area contributed by atoms with E-state index in [1.165, 1.54) is 12.4 Å². The van der Waals surface area contributed by atoms with Gasteiger partial charge in [0.05, 0.1) is 31.0 Å². The van der Waals surface area contributed by atoms with E-state index in [0.717, 1.165) is 16.0 Å². The largest absolute Gasteiger partial charge is 0.618 e. The summed E-state index contributed by atoms with van der Waals surface area (Å²) in [4.78, 5) is 15.2. The molecule has 0 saturated heterocycles. The summed E-state index contributed by atoms with van der Waals surface area (Å²) in [5.41, 5.74) is 7.60. The van der Waals surface area contributed by atoms with Crippen molar-refractivity contribution in [3.05, 3.63) is 58.8 Å². The molecular weight excluding hydrogens is 322 g/mol. The summed E-state index contributed by atoms with van der Waals surface area (Å²) >= 11 is 0. The minimum absolute atomic E-state index is 0.281. The van der Waals surface area contributed by atoms with E-state index >= 15 is 0 Å². The Morgan fingerprint density at radius 3 is 2.80 bits per heavy atom. The fourth-order valence-electron chi connectivity index (χ4n) is 2.30. The van der Waals surface area contributed by atoms with Gasteiger partial charge in [-0.05, 0) is 44.5 Å². The fraction of sp³-hybridized carbons (Fsp3) is 0.389. The molecule has 0 fully saturated rings. The van der Waals surface area contributed by atoms with Gasteiger partial charge in [0, 0.05) is 5.54 Å². The SMILES string of the molecule is CC(C)(N)Cc1cncc[n+]1[O-].CCOC(=O)c1cc2cc(c1)OC2. The fourth-order valence-corrected chi connectivity index (χ4v) is 2.30. The molecule has 0 amide bonds. The molecule has 25 heavy (non-hydrogen) atoms. The minimum atomic E-state index is -0.366. The third-order valence-electron chi connectivity index (χ3n) is 3.31. The molecule has 0 radical (unpaired) electrons. The molecule has 2 aromatic rings. The Balaban J connectivity index is 0.000000181. The van der Waals surface area contributed by atoms with Crippen molar-refractivity contribution in [2.24, 2.45) is 5.73 Å². The molecule has 2 bridgehead atoms. The van der Waals surface area contributed by atoms with Gasteiger partial charge in [0.25, 0.3) is 0 Å². The summed E-state index contributed by atoms with van der Waals surface area (Å²) in [6, 6.07) is 5.42. The number of aromatic nitrogens is 2. The van der Waals surface area contributed by atoms with E-state index in [9.17, 15) is 10.0 Å². The molecular formula is C18H23N3O4. The normalized spacial score (nSPS) is 12.0. The average molecular weight is 345 g/mol. The summed E-state index contributed by atoms with van der Waals surface area (Å²) in [5, 5.41) is 11.1. The number of rotatable bonds is 4. The highest BCUT2D eigenvalue weighted by Gasteiger charge is 2.17. The molecule has 1 aromatic heterocycles. The van der Waals surface area contributed by atoms with Crippen LogP contribution in [0.25, 0.3) is 0 Å². The highest BCUT2D eigenvalue weighted by molar-refractivity contribution is 5.90. The number of fused-ring (bicyclic) bond motifs is 2. The molecule has 0 atom stereocenters. The van der Waals surface area contributed by atoms with Crippen LogP contribution in [0.15, 0.2) is 36.8 Å². The zero-order valence-electron chi connectivity index (χ0n) is 14.7. The highest BCUT2D eigenvalue weighted by Crippen LogP contribution is 2.25. The predicted molar refractivity (Wildman–Crippen MR) is 91.9 cm³/mol. The lowest BCUT2D eigenvalue weighted by atomic mass is 10.0. The van der Waals surface area contributed by atoms with E-state index in [4.69, 9.17) is 15.2 Å². The van der Waals surface area contributed by atoms with Crippen LogP contribution in [0, 0.1) is 5.21 Å². The lowest BCUT2D eigenvalue weighted by Crippen LogP contribution is -2.41. The van der Waals surface area contributed by atoms with Crippen LogP contribution in [0.5, 0.6) is 5.75 Å². The van der Waals surface area contributed by atoms with E-state index in [0.29, 0.717) is 30.9 Å². The number of nitrogens with two attached hydrogens (primary N) is 1. The third-order valence-corrected chi connectivity index (χ3v) is 3.31. The van der Waals surface area contributed by atoms with Crippen molar-refractivity contribution in [1.82, 2.24) is 4.98 Å². The first kappa shape index (κ1) is 18.7. The summed E-state index contributed by atoms with van der Waals surface area (Å²) in [6.07, 6.45) is 4.91. The predicted octanol–water partition coefficient (Wildman–Crippen LogP) is 1.75. The Morgan fingerprint density at radius 1 is 1.44 bits per heavy atom. The number of benzene rings is 1. The van der Waals surface area contributed by atoms with Crippen LogP contribution in [-0.4, -0.2) is 23.1 Å². The van der Waals surface area contributed by atoms with Crippen LogP contribution in [0.4, 0.5) is 0 Å². The Labute approximate surface area is 147 Å². The maximum atomic E-state index is 11.3. The standard InChI is InChI=1S/C10H10O3.C8H13N3O/c1-2-12-10(11)8-3-7-4-9(5-8)13-6-7;1-8(2,9)5-7-6-10-3-4-11(7)12/h3-5H,2,6H2,1H3;3-4,6H,5,9H2,1-2H3. The summed E-state index contributed by atoms with van der Waals surface area (Å²) < 4.78 is 10.9. The molecule has 2 heterocycles. The van der Waals surface area contributed by atoms with Gasteiger partial charge in [0.15, 0.2) is 6.20 Å². The van der Waals surface area contributed by atoms with Gasteiger partial charge in [-0.1, -0.05) is 0 Å². The summed E-state index contributed by atoms with van der Waals surface area (Å²) in [6.45, 7) is 6.51. The Bertz CT molecular complexity index is 719. The zero-order valence-corrected chi connectivity index (χ0v) is 14.7. The minimum Gasteiger partial charge on any atom is -0.618 e. The first-order valence-electron chi connectivity index (χ1n) is 8.03. The number of ether oxygens (including phenoxy) is 2. The van der Waals surface area contributed by atoms with Gasteiger partial charge in [-0.3, -0.25) is 4.98 Å². The molecule has 7 nitrogen and oxygen atoms in total. The maximum Gasteiger partial charge on any atom is 0.338 e. The molecule has 0 spiro atoms. The van der Waals surface area contributed by atoms with E-state index in [-0.39, 0.29) is 11.5 Å². The molecule has 134 valence electrons. The molecule has 3 rings (SSSR count). The van der Waals surface area contributed by atoms with Crippen LogP contribution >= 0.6 is 0 Å². The lowest BCUT2D eigenvalue weighted by Gasteiger charge is -2.16. The number of carbonyl (C=O) groups is 1. The van der Waals surface area contributed by atoms with Gasteiger partial charge in [0.1, 0.15) is 12.4 Å². The quantitative estimate of drug-likeness (QED) is 0.515. The average Bonchev–Trinajstić information content (AvgIpc) is 2.87. The van der Waals surface area contributed by atoms with Crippen LogP contribution in [-0.2, 0) is 17.8 Å². The Kier molecular flexibility index (Phi) is 5.93. The molecule has 0 saturated carbocycles. The molecule has 1 aliphatic heterocycles. The molecule has 1 aromatic carbocycles. The molecule has 0 aliphatic carbocycles. The topological polar surface area (TPSA) is 101 Å². The van der Waals surface area contributed by atoms with Crippen molar-refractivity contribution >= 4 is 5.97 Å². The molecule has 2 N–H and O–H groups in total. The first-order valence-corrected chi connectivity index (χ1v) is 8.03. The second-order valence-corrected chi connectivity index (χ2v) is 6.43. The molecule has 0 unspecified atom stereocenters. The van der Waals surface area contributed by atoms with Crippen molar-refractivity contribution in [2.45, 2.75) is 39.3 Å². The number of nitrogens with zero attached hydrogens (tertiary/aromatic N) is 2. The van der Waals surface area contributed by atoms with Crippen molar-refractivity contribution in [3.8, 4) is 5.75 Å². The van der Waals surface area contributed by atoms with E-state index < -0.39 is 0 Å². The van der Waals surface area contributed by atoms with Crippen molar-refractivity contribution in [1.29, 1.82) is 0 Å². The second kappa shape index (κ2) is 7.94. The number of carbonyl (C=O) groups excluding carboxylic acids is 1. The van der Waals surface area contributed by atoms with Crippen LogP contribution in [0.3, 0.4) is 0 Å². The zero-order chi connectivity index (χ0) is 18.4. The summed E-state index contributed by atoms with van der Waals surface area (Å²) in [7, 11) is 0. The summed E-state index contributed by atoms with van der Waals surface area (Å²) in [5.74, 6) is 0.469. The van der Waals surface area contributed by atoms with Crippen molar-refractivity contribution < 1.29 is 19.0 Å². The van der Waals surface area contributed by atoms with Gasteiger partial charge in [-0.2, -0.15) is 4.73 Å². The van der Waals surface area contributed by atoms with E-state index in [1.807, 2.05) is 19.9 Å². The number of hydrogen-bond donors (Lipinski definition) is 1. The van der Waals surface area contributed by atoms with Gasteiger partial charge >= 0.3 is 5.97 Å². The lowest BCUT2D eigenvalue weighted by molar-refractivity contribution is -0.615. The Morgan fingerprint density at radius 2 is 2.20 bits per heavy atom. The maximum absolute atomic E-state index is 11.3. The van der Waals surface area contributed by atoms with Crippen molar-refractivity contribution in [2.75, 3.05) is 6.61 Å². The third kappa shape index (κ3) is 5.72.